The number of ether oxygens (including phenoxy) is 2. The van der Waals surface area contributed by atoms with Gasteiger partial charge in [0.2, 0.25) is 11.8 Å². The van der Waals surface area contributed by atoms with Crippen LogP contribution in [0.4, 0.5) is 11.4 Å². The average Bonchev–Trinajstić information content (AvgIpc) is 3.41. The van der Waals surface area contributed by atoms with E-state index in [4.69, 9.17) is 14.6 Å². The van der Waals surface area contributed by atoms with Gasteiger partial charge in [0.05, 0.1) is 25.5 Å². The second kappa shape index (κ2) is 14.9. The highest BCUT2D eigenvalue weighted by atomic mass is 16.7. The molecule has 3 heterocycles. The molecule has 0 aromatic heterocycles. The van der Waals surface area contributed by atoms with Crippen LogP contribution >= 0.6 is 0 Å². The number of piperidine rings is 1. The number of hydrogen-bond acceptors (Lipinski definition) is 8. The number of amides is 2. The van der Waals surface area contributed by atoms with Gasteiger partial charge in [-0.2, -0.15) is 0 Å². The van der Waals surface area contributed by atoms with Crippen molar-refractivity contribution < 1.29 is 34.1 Å². The fourth-order valence-electron chi connectivity index (χ4n) is 7.11. The minimum Gasteiger partial charge on any atom is -0.481 e. The number of likely N-dealkylation sites (tertiary alicyclic amines) is 1. The molecule has 3 aromatic carbocycles. The Balaban J connectivity index is 1.18. The summed E-state index contributed by atoms with van der Waals surface area (Å²) >= 11 is 0. The third-order valence-electron chi connectivity index (χ3n) is 9.89. The first-order valence-corrected chi connectivity index (χ1v) is 16.7. The van der Waals surface area contributed by atoms with Gasteiger partial charge in [-0.05, 0) is 54.7 Å². The number of carbonyl (C=O) groups excluding carboxylic acids is 2. The van der Waals surface area contributed by atoms with Crippen molar-refractivity contribution in [1.29, 1.82) is 0 Å². The number of benzene rings is 3. The molecular formula is C37H44N4O7. The summed E-state index contributed by atoms with van der Waals surface area (Å²) in [5, 5.41) is 24.4. The smallest absolute Gasteiger partial charge is 0.303 e. The molecule has 11 nitrogen and oxygen atoms in total. The maximum Gasteiger partial charge on any atom is 0.303 e. The van der Waals surface area contributed by atoms with Crippen LogP contribution in [0.3, 0.4) is 0 Å². The van der Waals surface area contributed by atoms with Crippen molar-refractivity contribution in [2.24, 2.45) is 5.92 Å². The van der Waals surface area contributed by atoms with E-state index >= 15 is 0 Å². The number of carbonyl (C=O) groups is 3. The van der Waals surface area contributed by atoms with E-state index in [1.54, 1.807) is 6.07 Å². The molecule has 3 aromatic rings. The average molecular weight is 657 g/mol. The highest BCUT2D eigenvalue weighted by molar-refractivity contribution is 5.93. The predicted molar refractivity (Wildman–Crippen MR) is 180 cm³/mol. The van der Waals surface area contributed by atoms with Gasteiger partial charge < -0.3 is 40.1 Å². The zero-order valence-electron chi connectivity index (χ0n) is 27.2. The van der Waals surface area contributed by atoms with Gasteiger partial charge in [0.1, 0.15) is 5.54 Å². The number of anilines is 2. The molecule has 0 saturated carbocycles. The van der Waals surface area contributed by atoms with E-state index in [0.717, 1.165) is 35.5 Å². The van der Waals surface area contributed by atoms with E-state index in [1.165, 1.54) is 0 Å². The van der Waals surface area contributed by atoms with Crippen molar-refractivity contribution in [1.82, 2.24) is 10.2 Å². The summed E-state index contributed by atoms with van der Waals surface area (Å²) in [6.45, 7) is 4.74. The largest absolute Gasteiger partial charge is 0.481 e. The van der Waals surface area contributed by atoms with Gasteiger partial charge in [0.25, 0.3) is 0 Å². The van der Waals surface area contributed by atoms with Crippen LogP contribution in [0, 0.1) is 5.92 Å². The predicted octanol–water partition coefficient (Wildman–Crippen LogP) is 4.59. The van der Waals surface area contributed by atoms with Gasteiger partial charge >= 0.3 is 5.97 Å². The first kappa shape index (κ1) is 33.6. The van der Waals surface area contributed by atoms with Crippen molar-refractivity contribution in [3.63, 3.8) is 0 Å². The fraction of sp³-hybridized carbons (Fsp3) is 0.432. The van der Waals surface area contributed by atoms with Gasteiger partial charge in [-0.15, -0.1) is 0 Å². The lowest BCUT2D eigenvalue weighted by molar-refractivity contribution is -0.276. The van der Waals surface area contributed by atoms with E-state index in [1.807, 2.05) is 60.7 Å². The summed E-state index contributed by atoms with van der Waals surface area (Å²) in [5.74, 6) is -1.10. The van der Waals surface area contributed by atoms with Gasteiger partial charge in [-0.1, -0.05) is 61.5 Å². The third kappa shape index (κ3) is 7.39. The molecule has 3 saturated heterocycles. The number of hydrogen-bond donors (Lipinski definition) is 4. The summed E-state index contributed by atoms with van der Waals surface area (Å²) in [6, 6.07) is 25.2. The molecular weight excluding hydrogens is 612 g/mol. The van der Waals surface area contributed by atoms with Crippen LogP contribution < -0.4 is 15.5 Å². The summed E-state index contributed by atoms with van der Waals surface area (Å²) in [6.07, 6.45) is 0.526. The quantitative estimate of drug-likeness (QED) is 0.233. The van der Waals surface area contributed by atoms with E-state index in [9.17, 15) is 19.5 Å². The molecule has 0 radical (unpaired) electrons. The zero-order chi connectivity index (χ0) is 33.7. The van der Waals surface area contributed by atoms with Gasteiger partial charge in [-0.25, -0.2) is 0 Å². The number of carboxylic acids is 1. The second-order valence-electron chi connectivity index (χ2n) is 13.0. The lowest BCUT2D eigenvalue weighted by atomic mass is 9.84. The number of carboxylic acid groups (broad SMARTS) is 1. The maximum atomic E-state index is 13.2. The molecule has 3 aliphatic heterocycles. The normalized spacial score (nSPS) is 24.0. The first-order valence-electron chi connectivity index (χ1n) is 16.7. The molecule has 0 aliphatic carbocycles. The zero-order valence-corrected chi connectivity index (χ0v) is 27.2. The highest BCUT2D eigenvalue weighted by Crippen LogP contribution is 2.43. The monoisotopic (exact) mass is 656 g/mol. The van der Waals surface area contributed by atoms with Crippen molar-refractivity contribution in [2.45, 2.75) is 69.7 Å². The number of nitrogens with zero attached hydrogens (tertiary/aromatic N) is 2. The Morgan fingerprint density at radius 2 is 1.71 bits per heavy atom. The van der Waals surface area contributed by atoms with Gasteiger partial charge in [-0.3, -0.25) is 14.4 Å². The molecule has 0 bridgehead atoms. The van der Waals surface area contributed by atoms with Gasteiger partial charge in [0.15, 0.2) is 6.29 Å². The Hall–Kier alpha value is -4.29. The van der Waals surface area contributed by atoms with Crippen LogP contribution in [0.2, 0.25) is 0 Å². The number of nitrogens with one attached hydrogen (secondary N) is 2. The second-order valence-corrected chi connectivity index (χ2v) is 13.0. The topological polar surface area (TPSA) is 141 Å². The van der Waals surface area contributed by atoms with Crippen molar-refractivity contribution >= 4 is 29.2 Å². The van der Waals surface area contributed by atoms with Crippen LogP contribution in [0.5, 0.6) is 0 Å². The fourth-order valence-corrected chi connectivity index (χ4v) is 7.11. The molecule has 11 heteroatoms. The minimum absolute atomic E-state index is 0.00942. The molecule has 6 rings (SSSR count). The first-order chi connectivity index (χ1) is 23.3. The molecule has 0 unspecified atom stereocenters. The number of aliphatic hydroxyl groups is 1. The Labute approximate surface area is 280 Å². The molecule has 254 valence electrons. The van der Waals surface area contributed by atoms with Crippen LogP contribution in [-0.2, 0) is 30.5 Å². The van der Waals surface area contributed by atoms with Crippen LogP contribution in [0.25, 0.3) is 0 Å². The molecule has 48 heavy (non-hydrogen) atoms. The summed E-state index contributed by atoms with van der Waals surface area (Å²) < 4.78 is 13.3. The lowest BCUT2D eigenvalue weighted by Gasteiger charge is -2.46. The van der Waals surface area contributed by atoms with E-state index < -0.39 is 17.8 Å². The van der Waals surface area contributed by atoms with E-state index in [2.05, 4.69) is 39.5 Å². The van der Waals surface area contributed by atoms with Gasteiger partial charge in [0, 0.05) is 55.3 Å². The summed E-state index contributed by atoms with van der Waals surface area (Å²) in [4.78, 5) is 41.1. The van der Waals surface area contributed by atoms with Crippen molar-refractivity contribution in [2.75, 3.05) is 36.5 Å². The minimum atomic E-state index is -0.928. The molecule has 2 amide bonds. The maximum absolute atomic E-state index is 13.2. The lowest BCUT2D eigenvalue weighted by Crippen LogP contribution is -2.57. The van der Waals surface area contributed by atoms with Crippen LogP contribution in [0.1, 0.15) is 68.1 Å². The standard InChI is InChI=1S/C37H44N4O7/c1-25-31(22-40-19-17-37(18-20-40)36(46)38-24-41(37)30-9-3-2-4-10-30)47-35(48-34(25)27-15-13-26(23-42)14-16-27)28-7-5-8-29(21-28)39-32(43)11-6-12-33(44)45/h2-5,7-10,13-16,21,25,31,34-35,42H,6,11-12,17-20,22-24H2,1H3,(H,38,46)(H,39,43)(H,44,45)/t25-,31+,34+,35+/m0/s1. The number of aliphatic hydroxyl groups excluding tert-OH is 1. The van der Waals surface area contributed by atoms with Crippen molar-refractivity contribution in [3.05, 3.63) is 95.6 Å². The summed E-state index contributed by atoms with van der Waals surface area (Å²) in [5.41, 5.74) is 3.62. The summed E-state index contributed by atoms with van der Waals surface area (Å²) in [7, 11) is 0. The van der Waals surface area contributed by atoms with Crippen LogP contribution in [0.15, 0.2) is 78.9 Å². The Bertz CT molecular complexity index is 1580. The Morgan fingerprint density at radius 3 is 2.42 bits per heavy atom. The number of para-hydroxylation sites is 1. The Kier molecular flexibility index (Phi) is 10.4. The SMILES string of the molecule is C[C@H]1[C@@H](CN2CCC3(CC2)C(=O)NCN3c2ccccc2)O[C@@H](c2cccc(NC(=O)CCCC(=O)O)c2)O[C@H]1c1ccc(CO)cc1. The molecule has 1 spiro atoms. The van der Waals surface area contributed by atoms with E-state index in [0.29, 0.717) is 31.7 Å². The number of aliphatic carboxylic acids is 1. The molecule has 3 fully saturated rings. The highest BCUT2D eigenvalue weighted by Gasteiger charge is 2.51. The van der Waals surface area contributed by atoms with Crippen molar-refractivity contribution in [3.8, 4) is 0 Å². The molecule has 4 atom stereocenters. The van der Waals surface area contributed by atoms with Crippen LogP contribution in [-0.4, -0.2) is 70.8 Å². The number of rotatable bonds is 11. The third-order valence-corrected chi connectivity index (χ3v) is 9.89. The Morgan fingerprint density at radius 1 is 0.958 bits per heavy atom. The molecule has 4 N–H and O–H groups in total. The van der Waals surface area contributed by atoms with E-state index in [-0.39, 0.29) is 55.8 Å². The molecule has 3 aliphatic rings.